The molecule has 2 atom stereocenters. The summed E-state index contributed by atoms with van der Waals surface area (Å²) >= 11 is 0. The van der Waals surface area contributed by atoms with E-state index >= 15 is 0 Å². The number of aromatic nitrogens is 1. The number of halogens is 1. The van der Waals surface area contributed by atoms with E-state index in [1.807, 2.05) is 0 Å². The molecule has 2 heterocycles. The van der Waals surface area contributed by atoms with Crippen LogP contribution in [0.2, 0.25) is 0 Å². The topological polar surface area (TPSA) is 53.4 Å². The van der Waals surface area contributed by atoms with Crippen molar-refractivity contribution in [1.29, 1.82) is 0 Å². The molecule has 1 aromatic heterocycles. The lowest BCUT2D eigenvalue weighted by Crippen LogP contribution is -2.33. The molecule has 1 aliphatic heterocycles. The van der Waals surface area contributed by atoms with Gasteiger partial charge in [0.1, 0.15) is 11.5 Å². The van der Waals surface area contributed by atoms with E-state index in [1.54, 1.807) is 4.90 Å². The minimum Gasteiger partial charge on any atom is -0.388 e. The third-order valence-electron chi connectivity index (χ3n) is 7.44. The zero-order chi connectivity index (χ0) is 21.9. The van der Waals surface area contributed by atoms with E-state index in [0.717, 1.165) is 29.3 Å². The van der Waals surface area contributed by atoms with Gasteiger partial charge in [0.15, 0.2) is 0 Å². The number of aliphatic hydroxyl groups is 1. The number of fused-ring (bicyclic) bond motifs is 2. The van der Waals surface area contributed by atoms with Gasteiger partial charge in [-0.05, 0) is 77.6 Å². The fourth-order valence-corrected chi connectivity index (χ4v) is 5.69. The summed E-state index contributed by atoms with van der Waals surface area (Å²) in [5.74, 6) is 0.0244. The van der Waals surface area contributed by atoms with E-state index in [4.69, 9.17) is 0 Å². The normalized spacial score (nSPS) is 24.2. The van der Waals surface area contributed by atoms with Gasteiger partial charge in [-0.1, -0.05) is 36.4 Å². The number of nitrogens with zero attached hydrogens (tertiary/aromatic N) is 2. The number of carbonyl (C=O) groups is 1. The molecule has 6 rings (SSSR count). The Hall–Kier alpha value is -3.05. The van der Waals surface area contributed by atoms with Gasteiger partial charge < -0.3 is 10.0 Å². The van der Waals surface area contributed by atoms with Crippen LogP contribution in [0.5, 0.6) is 0 Å². The van der Waals surface area contributed by atoms with Crippen molar-refractivity contribution in [3.63, 3.8) is 0 Å². The lowest BCUT2D eigenvalue weighted by Gasteiger charge is -2.25. The number of pyridine rings is 1. The number of likely N-dealkylation sites (tertiary alicyclic amines) is 1. The molecule has 1 N–H and O–H groups in total. The Balaban J connectivity index is 1.30. The Morgan fingerprint density at radius 1 is 1.09 bits per heavy atom. The van der Waals surface area contributed by atoms with Crippen LogP contribution >= 0.6 is 0 Å². The second-order valence-electron chi connectivity index (χ2n) is 9.50. The van der Waals surface area contributed by atoms with E-state index in [1.165, 1.54) is 36.1 Å². The number of hydrogen-bond acceptors (Lipinski definition) is 3. The molecule has 1 saturated heterocycles. The molecule has 1 unspecified atom stereocenters. The number of benzene rings is 2. The molecule has 5 heteroatoms. The van der Waals surface area contributed by atoms with Gasteiger partial charge >= 0.3 is 0 Å². The van der Waals surface area contributed by atoms with Crippen LogP contribution in [0, 0.1) is 5.82 Å². The van der Waals surface area contributed by atoms with Gasteiger partial charge in [-0.2, -0.15) is 0 Å². The molecular weight excluding hydrogens is 403 g/mol. The molecule has 1 saturated carbocycles. The summed E-state index contributed by atoms with van der Waals surface area (Å²) in [5, 5.41) is 11.0. The Bertz CT molecular complexity index is 1200. The molecule has 1 amide bonds. The average molecular weight is 429 g/mol. The van der Waals surface area contributed by atoms with Gasteiger partial charge in [0.05, 0.1) is 12.3 Å². The SMILES string of the molecule is O=C(c1ccc(F)cn1)N1CCC2(C[C@@H](O)c3cc(-c4ccccc4C4CC4)ccc32)C1. The third kappa shape index (κ3) is 3.15. The maximum atomic E-state index is 13.2. The lowest BCUT2D eigenvalue weighted by molar-refractivity contribution is 0.0770. The smallest absolute Gasteiger partial charge is 0.272 e. The first kappa shape index (κ1) is 19.6. The minimum absolute atomic E-state index is 0.181. The van der Waals surface area contributed by atoms with Crippen LogP contribution in [0.4, 0.5) is 4.39 Å². The van der Waals surface area contributed by atoms with Gasteiger partial charge in [-0.15, -0.1) is 0 Å². The molecule has 32 heavy (non-hydrogen) atoms. The first-order valence-corrected chi connectivity index (χ1v) is 11.4. The standard InChI is InChI=1S/C27H25FN2O2/c28-19-8-10-24(29-15-19)26(32)30-12-11-27(16-30)14-25(31)22-13-18(7-9-23(22)27)21-4-2-1-3-20(21)17-5-6-17/h1-4,7-10,13,15,17,25,31H,5-6,11-12,14,16H2/t25-,27?/m1/s1. The van der Waals surface area contributed by atoms with Crippen LogP contribution in [0.1, 0.15) is 64.9 Å². The van der Waals surface area contributed by atoms with E-state index in [9.17, 15) is 14.3 Å². The highest BCUT2D eigenvalue weighted by Gasteiger charge is 2.48. The second kappa shape index (κ2) is 7.24. The van der Waals surface area contributed by atoms with Crippen molar-refractivity contribution in [1.82, 2.24) is 9.88 Å². The van der Waals surface area contributed by atoms with Crippen molar-refractivity contribution in [2.75, 3.05) is 13.1 Å². The molecular formula is C27H25FN2O2. The number of carbonyl (C=O) groups excluding carboxylic acids is 1. The van der Waals surface area contributed by atoms with Crippen molar-refractivity contribution < 1.29 is 14.3 Å². The van der Waals surface area contributed by atoms with Crippen LogP contribution in [0.3, 0.4) is 0 Å². The molecule has 4 nitrogen and oxygen atoms in total. The number of aliphatic hydroxyl groups excluding tert-OH is 1. The predicted octanol–water partition coefficient (Wildman–Crippen LogP) is 4.99. The van der Waals surface area contributed by atoms with Gasteiger partial charge in [0, 0.05) is 18.5 Å². The van der Waals surface area contributed by atoms with E-state index in [0.29, 0.717) is 25.4 Å². The molecule has 3 aliphatic rings. The quantitative estimate of drug-likeness (QED) is 0.640. The fraction of sp³-hybridized carbons (Fsp3) is 0.333. The first-order valence-electron chi connectivity index (χ1n) is 11.4. The zero-order valence-corrected chi connectivity index (χ0v) is 17.8. The highest BCUT2D eigenvalue weighted by Crippen LogP contribution is 2.52. The molecule has 2 aromatic carbocycles. The van der Waals surface area contributed by atoms with Gasteiger partial charge in [0.25, 0.3) is 5.91 Å². The summed E-state index contributed by atoms with van der Waals surface area (Å²) in [7, 11) is 0. The Labute approximate surface area is 186 Å². The van der Waals surface area contributed by atoms with Crippen LogP contribution in [0.25, 0.3) is 11.1 Å². The van der Waals surface area contributed by atoms with Crippen LogP contribution in [-0.4, -0.2) is 34.0 Å². The summed E-state index contributed by atoms with van der Waals surface area (Å²) in [6.07, 6.45) is 4.48. The Morgan fingerprint density at radius 2 is 1.94 bits per heavy atom. The summed E-state index contributed by atoms with van der Waals surface area (Å²) in [6.45, 7) is 1.16. The van der Waals surface area contributed by atoms with Crippen LogP contribution in [0.15, 0.2) is 60.8 Å². The van der Waals surface area contributed by atoms with E-state index in [-0.39, 0.29) is 17.0 Å². The predicted molar refractivity (Wildman–Crippen MR) is 120 cm³/mol. The fourth-order valence-electron chi connectivity index (χ4n) is 5.69. The van der Waals surface area contributed by atoms with Gasteiger partial charge in [0.2, 0.25) is 0 Å². The summed E-state index contributed by atoms with van der Waals surface area (Å²) in [5.41, 5.74) is 5.98. The largest absolute Gasteiger partial charge is 0.388 e. The van der Waals surface area contributed by atoms with Crippen molar-refractivity contribution in [3.05, 3.63) is 89.0 Å². The number of hydrogen-bond donors (Lipinski definition) is 1. The Kier molecular flexibility index (Phi) is 4.44. The molecule has 2 aliphatic carbocycles. The van der Waals surface area contributed by atoms with Crippen LogP contribution < -0.4 is 0 Å². The van der Waals surface area contributed by atoms with Crippen LogP contribution in [-0.2, 0) is 5.41 Å². The molecule has 3 aromatic rings. The average Bonchev–Trinajstić information content (AvgIpc) is 3.53. The van der Waals surface area contributed by atoms with E-state index in [2.05, 4.69) is 47.4 Å². The van der Waals surface area contributed by atoms with Gasteiger partial charge in [-0.25, -0.2) is 9.37 Å². The van der Waals surface area contributed by atoms with E-state index < -0.39 is 11.9 Å². The third-order valence-corrected chi connectivity index (χ3v) is 7.44. The zero-order valence-electron chi connectivity index (χ0n) is 17.8. The summed E-state index contributed by atoms with van der Waals surface area (Å²) < 4.78 is 13.2. The summed E-state index contributed by atoms with van der Waals surface area (Å²) in [4.78, 5) is 18.7. The van der Waals surface area contributed by atoms with Crippen molar-refractivity contribution in [2.24, 2.45) is 0 Å². The Morgan fingerprint density at radius 3 is 2.72 bits per heavy atom. The highest BCUT2D eigenvalue weighted by molar-refractivity contribution is 5.92. The molecule has 2 fully saturated rings. The lowest BCUT2D eigenvalue weighted by atomic mass is 9.80. The molecule has 162 valence electrons. The van der Waals surface area contributed by atoms with Crippen molar-refractivity contribution >= 4 is 5.91 Å². The second-order valence-corrected chi connectivity index (χ2v) is 9.50. The minimum atomic E-state index is -0.531. The van der Waals surface area contributed by atoms with Crippen molar-refractivity contribution in [2.45, 2.75) is 43.1 Å². The highest BCUT2D eigenvalue weighted by atomic mass is 19.1. The maximum Gasteiger partial charge on any atom is 0.272 e. The molecule has 0 bridgehead atoms. The van der Waals surface area contributed by atoms with Gasteiger partial charge in [-0.3, -0.25) is 4.79 Å². The monoisotopic (exact) mass is 428 g/mol. The van der Waals surface area contributed by atoms with Crippen molar-refractivity contribution in [3.8, 4) is 11.1 Å². The maximum absolute atomic E-state index is 13.2. The first-order chi connectivity index (χ1) is 15.5. The molecule has 0 radical (unpaired) electrons. The number of amides is 1. The number of rotatable bonds is 3. The molecule has 1 spiro atoms. The summed E-state index contributed by atoms with van der Waals surface area (Å²) in [6, 6.07) is 17.8.